The maximum absolute atomic E-state index is 9.68. The average Bonchev–Trinajstić information content (AvgIpc) is 2.38. The number of hydrogen-bond acceptors (Lipinski definition) is 4. The summed E-state index contributed by atoms with van der Waals surface area (Å²) in [6.45, 7) is 1.65. The van der Waals surface area contributed by atoms with Crippen molar-refractivity contribution >= 4 is 16.5 Å². The van der Waals surface area contributed by atoms with E-state index in [1.54, 1.807) is 13.1 Å². The van der Waals surface area contributed by atoms with Crippen LogP contribution in [0.2, 0.25) is 0 Å². The Kier molecular flexibility index (Phi) is 5.52. The lowest BCUT2D eigenvalue weighted by atomic mass is 10.6. The van der Waals surface area contributed by atoms with Gasteiger partial charge in [0.25, 0.3) is 0 Å². The standard InChI is InChI=1S/C4H6N2.C3H8O3S/c1-6-3-2-5-4-6;1-2-3-7(4,5)6/h2-4H,1H3;2-3H2,1H3,(H,4,5,6). The molecule has 76 valence electrons. The molecule has 0 amide bonds. The first-order valence-electron chi connectivity index (χ1n) is 3.92. The summed E-state index contributed by atoms with van der Waals surface area (Å²) < 4.78 is 29.0. The van der Waals surface area contributed by atoms with Crippen molar-refractivity contribution in [1.82, 2.24) is 0 Å². The van der Waals surface area contributed by atoms with E-state index in [1.165, 1.54) is 4.90 Å². The fourth-order valence-corrected chi connectivity index (χ4v) is 1.11. The van der Waals surface area contributed by atoms with E-state index >= 15 is 0 Å². The minimum absolute atomic E-state index is 0.243. The molecule has 6 heteroatoms. The number of rotatable bonds is 2. The second-order valence-corrected chi connectivity index (χ2v) is 4.12. The molecule has 1 heterocycles. The van der Waals surface area contributed by atoms with Crippen LogP contribution >= 0.6 is 0 Å². The van der Waals surface area contributed by atoms with Crippen molar-refractivity contribution in [2.45, 2.75) is 13.3 Å². The van der Waals surface area contributed by atoms with Crippen molar-refractivity contribution in [2.75, 3.05) is 12.8 Å². The molecule has 0 spiro atoms. The van der Waals surface area contributed by atoms with E-state index < -0.39 is 10.1 Å². The quantitative estimate of drug-likeness (QED) is 0.586. The van der Waals surface area contributed by atoms with E-state index in [0.717, 1.165) is 0 Å². The number of quaternary nitrogens is 1. The number of hydrogen-bond donors (Lipinski definition) is 1. The molecule has 1 aliphatic heterocycles. The molecule has 1 atom stereocenters. The predicted octanol–water partition coefficient (Wildman–Crippen LogP) is -1.04. The Hall–Kier alpha value is -0.720. The number of nitrogens with one attached hydrogen (secondary N) is 1. The lowest BCUT2D eigenvalue weighted by Gasteiger charge is -2.00. The van der Waals surface area contributed by atoms with Gasteiger partial charge >= 0.3 is 0 Å². The van der Waals surface area contributed by atoms with Gasteiger partial charge in [0.15, 0.2) is 6.34 Å². The van der Waals surface area contributed by atoms with Gasteiger partial charge in [-0.05, 0) is 6.42 Å². The highest BCUT2D eigenvalue weighted by molar-refractivity contribution is 7.85. The highest BCUT2D eigenvalue weighted by atomic mass is 32.2. The van der Waals surface area contributed by atoms with E-state index in [2.05, 4.69) is 4.99 Å². The second-order valence-electron chi connectivity index (χ2n) is 2.60. The maximum atomic E-state index is 9.68. The molecule has 13 heavy (non-hydrogen) atoms. The van der Waals surface area contributed by atoms with Gasteiger partial charge in [0.1, 0.15) is 6.20 Å². The van der Waals surface area contributed by atoms with Crippen LogP contribution in [0.15, 0.2) is 17.4 Å². The van der Waals surface area contributed by atoms with E-state index in [1.807, 2.05) is 19.6 Å². The topological polar surface area (TPSA) is 74.0 Å². The zero-order valence-electron chi connectivity index (χ0n) is 7.73. The molecular formula is C7H14N2O3S. The number of aliphatic imine (C=N–C) groups is 1. The lowest BCUT2D eigenvalue weighted by molar-refractivity contribution is -0.709. The Balaban J connectivity index is 0.000000223. The fraction of sp³-hybridized carbons (Fsp3) is 0.571. The van der Waals surface area contributed by atoms with Gasteiger partial charge in [-0.15, -0.1) is 0 Å². The summed E-state index contributed by atoms with van der Waals surface area (Å²) in [5, 5.41) is 0. The molecule has 0 radical (unpaired) electrons. The van der Waals surface area contributed by atoms with Crippen molar-refractivity contribution in [3.63, 3.8) is 0 Å². The summed E-state index contributed by atoms with van der Waals surface area (Å²) in [7, 11) is -1.90. The van der Waals surface area contributed by atoms with E-state index in [-0.39, 0.29) is 5.75 Å². The summed E-state index contributed by atoms with van der Waals surface area (Å²) in [5.41, 5.74) is 0. The second kappa shape index (κ2) is 5.85. The predicted molar refractivity (Wildman–Crippen MR) is 49.4 cm³/mol. The van der Waals surface area contributed by atoms with Gasteiger partial charge in [-0.2, -0.15) is 0 Å². The van der Waals surface area contributed by atoms with Crippen LogP contribution in [0, 0.1) is 0 Å². The normalized spacial score (nSPS) is 19.8. The van der Waals surface area contributed by atoms with Gasteiger partial charge in [-0.25, -0.2) is 13.4 Å². The molecule has 1 aliphatic rings. The van der Waals surface area contributed by atoms with Gasteiger partial charge in [0.05, 0.1) is 23.4 Å². The van der Waals surface area contributed by atoms with Gasteiger partial charge < -0.3 is 4.55 Å². The van der Waals surface area contributed by atoms with Crippen molar-refractivity contribution in [2.24, 2.45) is 4.99 Å². The van der Waals surface area contributed by atoms with Crippen LogP contribution in [0.1, 0.15) is 13.3 Å². The average molecular weight is 206 g/mol. The van der Waals surface area contributed by atoms with Gasteiger partial charge in [-0.3, -0.25) is 4.90 Å². The van der Waals surface area contributed by atoms with Crippen LogP contribution in [0.25, 0.3) is 0 Å². The molecule has 0 bridgehead atoms. The van der Waals surface area contributed by atoms with E-state index in [4.69, 9.17) is 0 Å². The van der Waals surface area contributed by atoms with Gasteiger partial charge in [0, 0.05) is 5.75 Å². The summed E-state index contributed by atoms with van der Waals surface area (Å²) in [6.07, 6.45) is 6.00. The Morgan fingerprint density at radius 2 is 2.15 bits per heavy atom. The Morgan fingerprint density at radius 1 is 1.54 bits per heavy atom. The fourth-order valence-electron chi connectivity index (χ4n) is 0.614. The first kappa shape index (κ1) is 12.3. The summed E-state index contributed by atoms with van der Waals surface area (Å²) >= 11 is 0. The molecule has 1 rings (SSSR count). The minimum Gasteiger partial charge on any atom is -0.748 e. The molecule has 0 aromatic carbocycles. The molecule has 1 N–H and O–H groups in total. The Morgan fingerprint density at radius 3 is 2.23 bits per heavy atom. The van der Waals surface area contributed by atoms with E-state index in [0.29, 0.717) is 6.42 Å². The molecule has 0 saturated heterocycles. The van der Waals surface area contributed by atoms with Gasteiger partial charge in [-0.1, -0.05) is 6.92 Å². The van der Waals surface area contributed by atoms with Crippen molar-refractivity contribution < 1.29 is 17.9 Å². The monoisotopic (exact) mass is 206 g/mol. The zero-order chi connectivity index (χ0) is 10.3. The molecule has 5 nitrogen and oxygen atoms in total. The largest absolute Gasteiger partial charge is 0.748 e. The molecular weight excluding hydrogens is 192 g/mol. The molecule has 0 aromatic rings. The Bertz CT molecular complexity index is 270. The summed E-state index contributed by atoms with van der Waals surface area (Å²) in [5.74, 6) is -0.243. The third-order valence-electron chi connectivity index (χ3n) is 1.16. The van der Waals surface area contributed by atoms with Crippen molar-refractivity contribution in [1.29, 1.82) is 0 Å². The summed E-state index contributed by atoms with van der Waals surface area (Å²) in [4.78, 5) is 5.05. The highest BCUT2D eigenvalue weighted by Crippen LogP contribution is 1.83. The van der Waals surface area contributed by atoms with Crippen LogP contribution < -0.4 is 4.90 Å². The lowest BCUT2D eigenvalue weighted by Crippen LogP contribution is -3.01. The van der Waals surface area contributed by atoms with Crippen molar-refractivity contribution in [3.05, 3.63) is 12.4 Å². The third-order valence-corrected chi connectivity index (χ3v) is 2.06. The van der Waals surface area contributed by atoms with Gasteiger partial charge in [0.2, 0.25) is 0 Å². The van der Waals surface area contributed by atoms with Crippen LogP contribution in [-0.2, 0) is 10.1 Å². The molecule has 0 aliphatic carbocycles. The molecule has 1 unspecified atom stereocenters. The highest BCUT2D eigenvalue weighted by Gasteiger charge is 1.91. The third kappa shape index (κ3) is 9.19. The van der Waals surface area contributed by atoms with E-state index in [9.17, 15) is 13.0 Å². The SMILES string of the molecule is CCCS(=O)(=O)[O-].C[NH+]1C=CN=C1. The first-order chi connectivity index (χ1) is 5.95. The maximum Gasteiger partial charge on any atom is 0.192 e. The molecule has 0 saturated carbocycles. The van der Waals surface area contributed by atoms with Crippen LogP contribution in [0.3, 0.4) is 0 Å². The Labute approximate surface area is 78.5 Å². The number of nitrogens with zero attached hydrogens (tertiary/aromatic N) is 1. The first-order valence-corrected chi connectivity index (χ1v) is 5.50. The minimum atomic E-state index is -3.92. The molecule has 0 aromatic heterocycles. The van der Waals surface area contributed by atoms with Crippen LogP contribution in [0.5, 0.6) is 0 Å². The molecule has 0 fully saturated rings. The smallest absolute Gasteiger partial charge is 0.192 e. The summed E-state index contributed by atoms with van der Waals surface area (Å²) in [6, 6.07) is 0. The van der Waals surface area contributed by atoms with Crippen LogP contribution in [-0.4, -0.2) is 32.1 Å². The van der Waals surface area contributed by atoms with Crippen molar-refractivity contribution in [3.8, 4) is 0 Å². The van der Waals surface area contributed by atoms with Crippen LogP contribution in [0.4, 0.5) is 0 Å². The zero-order valence-corrected chi connectivity index (χ0v) is 8.54.